The molecule has 66 valence electrons. The van der Waals surface area contributed by atoms with Crippen LogP contribution in [0.1, 0.15) is 24.3 Å². The molecule has 0 saturated heterocycles. The van der Waals surface area contributed by atoms with Gasteiger partial charge in [0.2, 0.25) is 0 Å². The first kappa shape index (κ1) is 9.61. The molecule has 0 spiro atoms. The standard InChI is InChI=1S/C13H14/c1-3-5-9-12(4-2)13-10-7-6-8-11-13/h1,4,6-8,10-12H,2,5,9H2. The number of rotatable bonds is 4. The van der Waals surface area contributed by atoms with Crippen LogP contribution in [0.4, 0.5) is 0 Å². The molecular formula is C13H14. The highest BCUT2D eigenvalue weighted by Gasteiger charge is 2.04. The second-order valence-corrected chi connectivity index (χ2v) is 3.00. The fourth-order valence-corrected chi connectivity index (χ4v) is 1.36. The predicted molar refractivity (Wildman–Crippen MR) is 57.4 cm³/mol. The van der Waals surface area contributed by atoms with Crippen LogP contribution in [-0.4, -0.2) is 0 Å². The number of benzene rings is 1. The Labute approximate surface area is 80.3 Å². The molecule has 1 aromatic carbocycles. The Morgan fingerprint density at radius 2 is 2.08 bits per heavy atom. The van der Waals surface area contributed by atoms with E-state index in [0.717, 1.165) is 12.8 Å². The Kier molecular flexibility index (Phi) is 3.85. The highest BCUT2D eigenvalue weighted by Crippen LogP contribution is 2.21. The average molecular weight is 170 g/mol. The van der Waals surface area contributed by atoms with E-state index >= 15 is 0 Å². The maximum Gasteiger partial charge on any atom is 0.00948 e. The lowest BCUT2D eigenvalue weighted by atomic mass is 9.95. The lowest BCUT2D eigenvalue weighted by Crippen LogP contribution is -1.93. The van der Waals surface area contributed by atoms with Crippen LogP contribution in [0.15, 0.2) is 43.0 Å². The number of terminal acetylenes is 1. The first-order valence-corrected chi connectivity index (χ1v) is 4.49. The fraction of sp³-hybridized carbons (Fsp3) is 0.231. The summed E-state index contributed by atoms with van der Waals surface area (Å²) in [7, 11) is 0. The van der Waals surface area contributed by atoms with E-state index in [9.17, 15) is 0 Å². The topological polar surface area (TPSA) is 0 Å². The first-order chi connectivity index (χ1) is 6.38. The van der Waals surface area contributed by atoms with E-state index < -0.39 is 0 Å². The van der Waals surface area contributed by atoms with Crippen molar-refractivity contribution in [1.29, 1.82) is 0 Å². The number of allylic oxidation sites excluding steroid dienone is 1. The van der Waals surface area contributed by atoms with Gasteiger partial charge in [0.05, 0.1) is 0 Å². The summed E-state index contributed by atoms with van der Waals surface area (Å²) < 4.78 is 0. The van der Waals surface area contributed by atoms with Gasteiger partial charge in [0.25, 0.3) is 0 Å². The summed E-state index contributed by atoms with van der Waals surface area (Å²) in [5.74, 6) is 3.05. The summed E-state index contributed by atoms with van der Waals surface area (Å²) in [5, 5.41) is 0. The van der Waals surface area contributed by atoms with Gasteiger partial charge >= 0.3 is 0 Å². The van der Waals surface area contributed by atoms with Crippen molar-refractivity contribution in [3.05, 3.63) is 48.6 Å². The third-order valence-electron chi connectivity index (χ3n) is 2.11. The van der Waals surface area contributed by atoms with Crippen LogP contribution in [0.25, 0.3) is 0 Å². The van der Waals surface area contributed by atoms with Gasteiger partial charge in [0.15, 0.2) is 0 Å². The van der Waals surface area contributed by atoms with Crippen molar-refractivity contribution in [2.24, 2.45) is 0 Å². The molecule has 0 aliphatic rings. The molecule has 1 aromatic rings. The van der Waals surface area contributed by atoms with Crippen LogP contribution < -0.4 is 0 Å². The molecule has 1 atom stereocenters. The van der Waals surface area contributed by atoms with Crippen molar-refractivity contribution in [3.8, 4) is 12.3 Å². The van der Waals surface area contributed by atoms with E-state index in [4.69, 9.17) is 6.42 Å². The van der Waals surface area contributed by atoms with Gasteiger partial charge in [-0.3, -0.25) is 0 Å². The molecule has 0 amide bonds. The van der Waals surface area contributed by atoms with Crippen molar-refractivity contribution >= 4 is 0 Å². The Bertz CT molecular complexity index is 290. The van der Waals surface area contributed by atoms with Gasteiger partial charge in [0, 0.05) is 12.3 Å². The summed E-state index contributed by atoms with van der Waals surface area (Å²) in [4.78, 5) is 0. The van der Waals surface area contributed by atoms with Gasteiger partial charge in [-0.15, -0.1) is 18.9 Å². The predicted octanol–water partition coefficient (Wildman–Crippen LogP) is 3.37. The monoisotopic (exact) mass is 170 g/mol. The van der Waals surface area contributed by atoms with Crippen molar-refractivity contribution in [3.63, 3.8) is 0 Å². The molecule has 0 heterocycles. The second kappa shape index (κ2) is 5.22. The van der Waals surface area contributed by atoms with Crippen molar-refractivity contribution < 1.29 is 0 Å². The minimum Gasteiger partial charge on any atom is -0.120 e. The van der Waals surface area contributed by atoms with Crippen LogP contribution in [-0.2, 0) is 0 Å². The van der Waals surface area contributed by atoms with E-state index in [-0.39, 0.29) is 0 Å². The van der Waals surface area contributed by atoms with Crippen LogP contribution in [0.2, 0.25) is 0 Å². The van der Waals surface area contributed by atoms with Crippen molar-refractivity contribution in [2.75, 3.05) is 0 Å². The molecule has 0 heteroatoms. The average Bonchev–Trinajstić information content (AvgIpc) is 2.21. The van der Waals surface area contributed by atoms with Gasteiger partial charge in [0.1, 0.15) is 0 Å². The summed E-state index contributed by atoms with van der Waals surface area (Å²) >= 11 is 0. The number of hydrogen-bond acceptors (Lipinski definition) is 0. The summed E-state index contributed by atoms with van der Waals surface area (Å²) in [6.07, 6.45) is 8.99. The fourth-order valence-electron chi connectivity index (χ4n) is 1.36. The normalized spacial score (nSPS) is 11.6. The minimum absolute atomic E-state index is 0.400. The van der Waals surface area contributed by atoms with Crippen molar-refractivity contribution in [1.82, 2.24) is 0 Å². The Hall–Kier alpha value is -1.48. The van der Waals surface area contributed by atoms with E-state index in [1.54, 1.807) is 0 Å². The molecule has 0 fully saturated rings. The highest BCUT2D eigenvalue weighted by molar-refractivity contribution is 5.23. The first-order valence-electron chi connectivity index (χ1n) is 4.49. The SMILES string of the molecule is C#CCCC(C=C)c1ccccc1. The van der Waals surface area contributed by atoms with Crippen LogP contribution >= 0.6 is 0 Å². The molecule has 0 radical (unpaired) electrons. The van der Waals surface area contributed by atoms with Gasteiger partial charge in [-0.2, -0.15) is 0 Å². The third-order valence-corrected chi connectivity index (χ3v) is 2.11. The Balaban J connectivity index is 2.68. The van der Waals surface area contributed by atoms with Crippen LogP contribution in [0.3, 0.4) is 0 Å². The van der Waals surface area contributed by atoms with Crippen molar-refractivity contribution in [2.45, 2.75) is 18.8 Å². The smallest absolute Gasteiger partial charge is 0.00948 e. The van der Waals surface area contributed by atoms with Gasteiger partial charge in [-0.1, -0.05) is 36.4 Å². The lowest BCUT2D eigenvalue weighted by molar-refractivity contribution is 0.762. The molecule has 0 saturated carbocycles. The third kappa shape index (κ3) is 2.80. The molecule has 0 bridgehead atoms. The van der Waals surface area contributed by atoms with Crippen LogP contribution in [0, 0.1) is 12.3 Å². The quantitative estimate of drug-likeness (QED) is 0.480. The second-order valence-electron chi connectivity index (χ2n) is 3.00. The van der Waals surface area contributed by atoms with E-state index in [0.29, 0.717) is 5.92 Å². The zero-order chi connectivity index (χ0) is 9.52. The highest BCUT2D eigenvalue weighted by atomic mass is 14.1. The molecule has 1 unspecified atom stereocenters. The molecule has 0 aliphatic carbocycles. The molecule has 1 rings (SSSR count). The Morgan fingerprint density at radius 1 is 1.38 bits per heavy atom. The van der Waals surface area contributed by atoms with Gasteiger partial charge in [-0.05, 0) is 12.0 Å². The summed E-state index contributed by atoms with van der Waals surface area (Å²) in [6, 6.07) is 10.3. The zero-order valence-corrected chi connectivity index (χ0v) is 7.74. The summed E-state index contributed by atoms with van der Waals surface area (Å²) in [6.45, 7) is 3.82. The molecule has 0 aliphatic heterocycles. The van der Waals surface area contributed by atoms with E-state index in [1.165, 1.54) is 5.56 Å². The molecule has 13 heavy (non-hydrogen) atoms. The minimum atomic E-state index is 0.400. The molecule has 0 N–H and O–H groups in total. The molecular weight excluding hydrogens is 156 g/mol. The number of hydrogen-bond donors (Lipinski definition) is 0. The lowest BCUT2D eigenvalue weighted by Gasteiger charge is -2.10. The largest absolute Gasteiger partial charge is 0.120 e. The van der Waals surface area contributed by atoms with Gasteiger partial charge in [-0.25, -0.2) is 0 Å². The molecule has 0 aromatic heterocycles. The Morgan fingerprint density at radius 3 is 2.62 bits per heavy atom. The maximum absolute atomic E-state index is 5.23. The molecule has 0 nitrogen and oxygen atoms in total. The summed E-state index contributed by atoms with van der Waals surface area (Å²) in [5.41, 5.74) is 1.30. The van der Waals surface area contributed by atoms with E-state index in [2.05, 4.69) is 24.6 Å². The van der Waals surface area contributed by atoms with Crippen LogP contribution in [0.5, 0.6) is 0 Å². The maximum atomic E-state index is 5.23. The van der Waals surface area contributed by atoms with Gasteiger partial charge < -0.3 is 0 Å². The van der Waals surface area contributed by atoms with E-state index in [1.807, 2.05) is 24.3 Å². The zero-order valence-electron chi connectivity index (χ0n) is 7.74.